The molecule has 3 aromatic rings. The van der Waals surface area contributed by atoms with Gasteiger partial charge in [-0.2, -0.15) is 9.61 Å². The maximum absolute atomic E-state index is 12.6. The standard InChI is InChI=1S/C22H23BClN5O2/c23-16-13-25-29-20(12-18(27-21(16)29)15-4-1-2-5-17(15)24)26-14-7-9-28(10-8-14)22(30)19-6-3-11-31-19/h1-2,4-5,12-14,19,26H,3,6-11H2. The van der Waals surface area contributed by atoms with Gasteiger partial charge in [0.2, 0.25) is 0 Å². The normalized spacial score (nSPS) is 19.8. The van der Waals surface area contributed by atoms with Crippen LogP contribution in [0.15, 0.2) is 36.5 Å². The maximum Gasteiger partial charge on any atom is 0.251 e. The van der Waals surface area contributed by atoms with Gasteiger partial charge in [-0.1, -0.05) is 29.8 Å². The van der Waals surface area contributed by atoms with Gasteiger partial charge in [0.15, 0.2) is 5.65 Å². The number of carbonyl (C=O) groups excluding carboxylic acids is 1. The third-order valence-electron chi connectivity index (χ3n) is 6.01. The van der Waals surface area contributed by atoms with Crippen molar-refractivity contribution in [1.82, 2.24) is 19.5 Å². The average Bonchev–Trinajstić information content (AvgIpc) is 3.45. The fourth-order valence-electron chi connectivity index (χ4n) is 4.32. The lowest BCUT2D eigenvalue weighted by atomic mass is 10.0. The fraction of sp³-hybridized carbons (Fsp3) is 0.409. The van der Waals surface area contributed by atoms with Crippen LogP contribution in [-0.4, -0.2) is 65.1 Å². The Labute approximate surface area is 187 Å². The first-order valence-electron chi connectivity index (χ1n) is 10.7. The van der Waals surface area contributed by atoms with Crippen LogP contribution in [0.3, 0.4) is 0 Å². The summed E-state index contributed by atoms with van der Waals surface area (Å²) >= 11 is 6.41. The van der Waals surface area contributed by atoms with Crippen molar-refractivity contribution in [3.8, 4) is 11.3 Å². The van der Waals surface area contributed by atoms with E-state index in [1.165, 1.54) is 0 Å². The first kappa shape index (κ1) is 20.3. The average molecular weight is 436 g/mol. The van der Waals surface area contributed by atoms with E-state index in [1.807, 2.05) is 35.2 Å². The zero-order chi connectivity index (χ0) is 21.4. The van der Waals surface area contributed by atoms with E-state index < -0.39 is 0 Å². The number of likely N-dealkylation sites (tertiary alicyclic amines) is 1. The highest BCUT2D eigenvalue weighted by atomic mass is 35.5. The minimum Gasteiger partial charge on any atom is -0.368 e. The molecule has 31 heavy (non-hydrogen) atoms. The summed E-state index contributed by atoms with van der Waals surface area (Å²) in [7, 11) is 6.11. The molecule has 2 aliphatic heterocycles. The highest BCUT2D eigenvalue weighted by Gasteiger charge is 2.31. The molecule has 0 spiro atoms. The van der Waals surface area contributed by atoms with Crippen molar-refractivity contribution in [2.75, 3.05) is 25.0 Å². The Morgan fingerprint density at radius 3 is 2.77 bits per heavy atom. The largest absolute Gasteiger partial charge is 0.368 e. The van der Waals surface area contributed by atoms with Crippen LogP contribution in [-0.2, 0) is 9.53 Å². The van der Waals surface area contributed by atoms with E-state index in [-0.39, 0.29) is 18.1 Å². The topological polar surface area (TPSA) is 71.8 Å². The van der Waals surface area contributed by atoms with E-state index in [9.17, 15) is 4.79 Å². The lowest BCUT2D eigenvalue weighted by molar-refractivity contribution is -0.141. The smallest absolute Gasteiger partial charge is 0.251 e. The number of piperidine rings is 1. The molecule has 4 heterocycles. The quantitative estimate of drug-likeness (QED) is 0.637. The van der Waals surface area contributed by atoms with E-state index in [0.717, 1.165) is 42.8 Å². The second-order valence-electron chi connectivity index (χ2n) is 8.09. The molecule has 2 fully saturated rings. The van der Waals surface area contributed by atoms with Crippen molar-refractivity contribution in [3.05, 3.63) is 41.6 Å². The summed E-state index contributed by atoms with van der Waals surface area (Å²) < 4.78 is 7.28. The molecule has 1 atom stereocenters. The Morgan fingerprint density at radius 1 is 1.23 bits per heavy atom. The summed E-state index contributed by atoms with van der Waals surface area (Å²) in [5.74, 6) is 0.934. The van der Waals surface area contributed by atoms with Gasteiger partial charge in [-0.15, -0.1) is 0 Å². The van der Waals surface area contributed by atoms with Crippen molar-refractivity contribution >= 4 is 42.3 Å². The monoisotopic (exact) mass is 435 g/mol. The Hall–Kier alpha value is -2.58. The molecule has 2 radical (unpaired) electrons. The Morgan fingerprint density at radius 2 is 2.03 bits per heavy atom. The number of fused-ring (bicyclic) bond motifs is 1. The number of halogens is 1. The van der Waals surface area contributed by atoms with E-state index in [0.29, 0.717) is 35.8 Å². The Bertz CT molecular complexity index is 1110. The third-order valence-corrected chi connectivity index (χ3v) is 6.34. The first-order chi connectivity index (χ1) is 15.1. The zero-order valence-corrected chi connectivity index (χ0v) is 17.9. The molecule has 0 bridgehead atoms. The van der Waals surface area contributed by atoms with Gasteiger partial charge in [0.05, 0.1) is 5.69 Å². The van der Waals surface area contributed by atoms with Crippen LogP contribution in [0.4, 0.5) is 5.82 Å². The highest BCUT2D eigenvalue weighted by Crippen LogP contribution is 2.29. The van der Waals surface area contributed by atoms with Crippen molar-refractivity contribution in [2.24, 2.45) is 0 Å². The van der Waals surface area contributed by atoms with Crippen LogP contribution in [0.1, 0.15) is 25.7 Å². The SMILES string of the molecule is [B]c1cnn2c(NC3CCN(C(=O)C4CCCO4)CC3)cc(-c3ccccc3Cl)nc12. The number of aromatic nitrogens is 3. The molecule has 1 N–H and O–H groups in total. The van der Waals surface area contributed by atoms with E-state index in [1.54, 1.807) is 10.7 Å². The number of anilines is 1. The van der Waals surface area contributed by atoms with Gasteiger partial charge in [0.25, 0.3) is 5.91 Å². The van der Waals surface area contributed by atoms with Crippen molar-refractivity contribution in [2.45, 2.75) is 37.8 Å². The lowest BCUT2D eigenvalue weighted by Gasteiger charge is -2.34. The molecule has 5 rings (SSSR count). The summed E-state index contributed by atoms with van der Waals surface area (Å²) in [6.07, 6.45) is 4.84. The Balaban J connectivity index is 1.36. The molecule has 1 amide bonds. The Kier molecular flexibility index (Phi) is 5.59. The fourth-order valence-corrected chi connectivity index (χ4v) is 4.55. The molecular weight excluding hydrogens is 413 g/mol. The van der Waals surface area contributed by atoms with Crippen molar-refractivity contribution in [1.29, 1.82) is 0 Å². The number of carbonyl (C=O) groups is 1. The minimum atomic E-state index is -0.255. The molecule has 158 valence electrons. The molecule has 1 unspecified atom stereocenters. The number of amides is 1. The van der Waals surface area contributed by atoms with Crippen LogP contribution in [0, 0.1) is 0 Å². The van der Waals surface area contributed by atoms with Crippen LogP contribution >= 0.6 is 11.6 Å². The summed E-state index contributed by atoms with van der Waals surface area (Å²) in [5.41, 5.74) is 2.67. The van der Waals surface area contributed by atoms with Gasteiger partial charge in [-0.05, 0) is 37.2 Å². The molecule has 0 saturated carbocycles. The number of hydrogen-bond acceptors (Lipinski definition) is 5. The highest BCUT2D eigenvalue weighted by molar-refractivity contribution is 6.36. The maximum atomic E-state index is 12.6. The molecular formula is C22H23BClN5O2. The van der Waals surface area contributed by atoms with Crippen LogP contribution in [0.5, 0.6) is 0 Å². The number of rotatable bonds is 4. The summed E-state index contributed by atoms with van der Waals surface area (Å²) in [5, 5.41) is 8.61. The van der Waals surface area contributed by atoms with Gasteiger partial charge >= 0.3 is 0 Å². The molecule has 0 aliphatic carbocycles. The summed E-state index contributed by atoms with van der Waals surface area (Å²) in [6.45, 7) is 2.11. The molecule has 2 saturated heterocycles. The number of nitrogens with zero attached hydrogens (tertiary/aromatic N) is 4. The predicted octanol–water partition coefficient (Wildman–Crippen LogP) is 2.43. The molecule has 9 heteroatoms. The molecule has 7 nitrogen and oxygen atoms in total. The molecule has 2 aromatic heterocycles. The van der Waals surface area contributed by atoms with Gasteiger partial charge in [-0.25, -0.2) is 4.98 Å². The zero-order valence-electron chi connectivity index (χ0n) is 17.1. The number of benzene rings is 1. The van der Waals surface area contributed by atoms with Crippen LogP contribution < -0.4 is 10.8 Å². The van der Waals surface area contributed by atoms with Gasteiger partial charge < -0.3 is 15.0 Å². The third kappa shape index (κ3) is 4.02. The first-order valence-corrected chi connectivity index (χ1v) is 11.0. The van der Waals surface area contributed by atoms with E-state index >= 15 is 0 Å². The second kappa shape index (κ2) is 8.51. The molecule has 1 aromatic carbocycles. The van der Waals surface area contributed by atoms with Gasteiger partial charge in [0, 0.05) is 48.6 Å². The minimum absolute atomic E-state index is 0.128. The van der Waals surface area contributed by atoms with Crippen LogP contribution in [0.2, 0.25) is 5.02 Å². The van der Waals surface area contributed by atoms with Crippen molar-refractivity contribution < 1.29 is 9.53 Å². The summed E-state index contributed by atoms with van der Waals surface area (Å²) in [6, 6.07) is 9.76. The van der Waals surface area contributed by atoms with Gasteiger partial charge in [-0.3, -0.25) is 4.79 Å². The second-order valence-corrected chi connectivity index (χ2v) is 8.49. The lowest BCUT2D eigenvalue weighted by Crippen LogP contribution is -2.46. The summed E-state index contributed by atoms with van der Waals surface area (Å²) in [4.78, 5) is 19.2. The van der Waals surface area contributed by atoms with E-state index in [2.05, 4.69) is 15.4 Å². The van der Waals surface area contributed by atoms with E-state index in [4.69, 9.17) is 24.2 Å². The molecule has 2 aliphatic rings. The predicted molar refractivity (Wildman–Crippen MR) is 121 cm³/mol. The van der Waals surface area contributed by atoms with Gasteiger partial charge in [0.1, 0.15) is 19.8 Å². The number of hydrogen-bond donors (Lipinski definition) is 1. The number of nitrogens with one attached hydrogen (secondary N) is 1. The number of ether oxygens (including phenoxy) is 1. The van der Waals surface area contributed by atoms with Crippen molar-refractivity contribution in [3.63, 3.8) is 0 Å². The van der Waals surface area contributed by atoms with Crippen LogP contribution in [0.25, 0.3) is 16.9 Å².